The molecule has 18 heavy (non-hydrogen) atoms. The lowest BCUT2D eigenvalue weighted by molar-refractivity contribution is 0.0974. The van der Waals surface area contributed by atoms with Crippen molar-refractivity contribution in [3.63, 3.8) is 0 Å². The lowest BCUT2D eigenvalue weighted by atomic mass is 9.98. The molecule has 1 aromatic rings. The molecule has 0 aliphatic carbocycles. The van der Waals surface area contributed by atoms with Gasteiger partial charge >= 0.3 is 0 Å². The van der Waals surface area contributed by atoms with Gasteiger partial charge in [-0.15, -0.1) is 0 Å². The van der Waals surface area contributed by atoms with Gasteiger partial charge in [0, 0.05) is 18.5 Å². The Morgan fingerprint density at radius 2 is 2.00 bits per heavy atom. The van der Waals surface area contributed by atoms with Gasteiger partial charge in [-0.2, -0.15) is 0 Å². The van der Waals surface area contributed by atoms with Gasteiger partial charge in [-0.3, -0.25) is 4.79 Å². The highest BCUT2D eigenvalue weighted by Gasteiger charge is 2.17. The number of ketones is 1. The predicted octanol–water partition coefficient (Wildman–Crippen LogP) is 2.32. The lowest BCUT2D eigenvalue weighted by Gasteiger charge is -2.13. The highest BCUT2D eigenvalue weighted by molar-refractivity contribution is 6.00. The fourth-order valence-corrected chi connectivity index (χ4v) is 1.84. The van der Waals surface area contributed by atoms with Gasteiger partial charge in [0.1, 0.15) is 11.5 Å². The summed E-state index contributed by atoms with van der Waals surface area (Å²) >= 11 is 0. The Morgan fingerprint density at radius 3 is 2.50 bits per heavy atom. The van der Waals surface area contributed by atoms with E-state index < -0.39 is 0 Å². The molecule has 1 unspecified atom stereocenters. The lowest BCUT2D eigenvalue weighted by Crippen LogP contribution is -2.17. The minimum Gasteiger partial charge on any atom is -0.497 e. The molecule has 0 aliphatic heterocycles. The Labute approximate surface area is 108 Å². The molecule has 4 nitrogen and oxygen atoms in total. The molecular weight excluding hydrogens is 230 g/mol. The first-order valence-corrected chi connectivity index (χ1v) is 6.01. The van der Waals surface area contributed by atoms with Gasteiger partial charge in [0.05, 0.1) is 19.8 Å². The van der Waals surface area contributed by atoms with E-state index in [0.717, 1.165) is 5.56 Å². The Kier molecular flexibility index (Phi) is 5.16. The van der Waals surface area contributed by atoms with Crippen LogP contribution < -0.4 is 15.2 Å². The number of rotatable bonds is 6. The Bertz CT molecular complexity index is 427. The third kappa shape index (κ3) is 3.47. The summed E-state index contributed by atoms with van der Waals surface area (Å²) in [6.45, 7) is 3.77. The zero-order valence-corrected chi connectivity index (χ0v) is 11.4. The molecule has 100 valence electrons. The average Bonchev–Trinajstić information content (AvgIpc) is 2.34. The topological polar surface area (TPSA) is 61.5 Å². The molecule has 0 spiro atoms. The van der Waals surface area contributed by atoms with E-state index in [-0.39, 0.29) is 11.8 Å². The number of ether oxygens (including phenoxy) is 2. The minimum atomic E-state index is 0.0264. The fraction of sp³-hybridized carbons (Fsp3) is 0.500. The summed E-state index contributed by atoms with van der Waals surface area (Å²) in [5, 5.41) is 0. The maximum Gasteiger partial charge on any atom is 0.166 e. The molecule has 0 saturated heterocycles. The van der Waals surface area contributed by atoms with Crippen molar-refractivity contribution in [2.45, 2.75) is 32.7 Å². The highest BCUT2D eigenvalue weighted by Crippen LogP contribution is 2.29. The summed E-state index contributed by atoms with van der Waals surface area (Å²) in [6, 6.07) is 3.59. The highest BCUT2D eigenvalue weighted by atomic mass is 16.5. The van der Waals surface area contributed by atoms with Gasteiger partial charge in [-0.05, 0) is 31.9 Å². The number of methoxy groups -OCH3 is 2. The minimum absolute atomic E-state index is 0.0264. The van der Waals surface area contributed by atoms with Crippen molar-refractivity contribution in [2.24, 2.45) is 5.73 Å². The van der Waals surface area contributed by atoms with Crippen molar-refractivity contribution in [1.29, 1.82) is 0 Å². The number of carbonyl (C=O) groups is 1. The number of aryl methyl sites for hydroxylation is 1. The summed E-state index contributed by atoms with van der Waals surface area (Å²) in [5.41, 5.74) is 7.16. The maximum atomic E-state index is 12.2. The van der Waals surface area contributed by atoms with Gasteiger partial charge in [0.25, 0.3) is 0 Å². The molecule has 0 aromatic heterocycles. The monoisotopic (exact) mass is 251 g/mol. The van der Waals surface area contributed by atoms with Gasteiger partial charge in [-0.25, -0.2) is 0 Å². The number of hydrogen-bond acceptors (Lipinski definition) is 4. The van der Waals surface area contributed by atoms with Crippen LogP contribution in [0.1, 0.15) is 35.7 Å². The first kappa shape index (κ1) is 14.5. The fourth-order valence-electron chi connectivity index (χ4n) is 1.84. The van der Waals surface area contributed by atoms with Crippen LogP contribution in [0.4, 0.5) is 0 Å². The number of benzene rings is 1. The third-order valence-corrected chi connectivity index (χ3v) is 2.83. The van der Waals surface area contributed by atoms with Crippen LogP contribution in [0, 0.1) is 6.92 Å². The quantitative estimate of drug-likeness (QED) is 0.788. The number of hydrogen-bond donors (Lipinski definition) is 1. The van der Waals surface area contributed by atoms with Crippen LogP contribution in [0.2, 0.25) is 0 Å². The van der Waals surface area contributed by atoms with E-state index >= 15 is 0 Å². The summed E-state index contributed by atoms with van der Waals surface area (Å²) in [6.07, 6.45) is 1.11. The molecule has 0 saturated carbocycles. The number of nitrogens with two attached hydrogens (primary N) is 1. The molecule has 0 heterocycles. The number of Topliss-reactive ketones (excluding diaryl/α,β-unsaturated/α-hetero) is 1. The molecule has 4 heteroatoms. The zero-order chi connectivity index (χ0) is 13.7. The Morgan fingerprint density at radius 1 is 1.33 bits per heavy atom. The van der Waals surface area contributed by atoms with Gasteiger partial charge in [-0.1, -0.05) is 0 Å². The van der Waals surface area contributed by atoms with Crippen LogP contribution in [0.5, 0.6) is 11.5 Å². The largest absolute Gasteiger partial charge is 0.497 e. The Hall–Kier alpha value is -1.55. The summed E-state index contributed by atoms with van der Waals surface area (Å²) < 4.78 is 10.4. The summed E-state index contributed by atoms with van der Waals surface area (Å²) in [5.74, 6) is 1.30. The van der Waals surface area contributed by atoms with E-state index in [1.165, 1.54) is 0 Å². The molecule has 1 rings (SSSR count). The average molecular weight is 251 g/mol. The zero-order valence-electron chi connectivity index (χ0n) is 11.4. The van der Waals surface area contributed by atoms with Crippen LogP contribution in [-0.2, 0) is 0 Å². The van der Waals surface area contributed by atoms with E-state index in [4.69, 9.17) is 15.2 Å². The van der Waals surface area contributed by atoms with Crippen LogP contribution in [0.3, 0.4) is 0 Å². The predicted molar refractivity (Wildman–Crippen MR) is 71.5 cm³/mol. The molecule has 2 N–H and O–H groups in total. The van der Waals surface area contributed by atoms with Crippen molar-refractivity contribution in [3.8, 4) is 11.5 Å². The molecule has 0 amide bonds. The van der Waals surface area contributed by atoms with Crippen LogP contribution in [0.15, 0.2) is 12.1 Å². The van der Waals surface area contributed by atoms with Crippen molar-refractivity contribution < 1.29 is 14.3 Å². The first-order chi connectivity index (χ1) is 8.49. The van der Waals surface area contributed by atoms with E-state index in [1.54, 1.807) is 20.3 Å². The van der Waals surface area contributed by atoms with Crippen LogP contribution in [-0.4, -0.2) is 26.0 Å². The number of carbonyl (C=O) groups excluding carboxylic acids is 1. The Balaban J connectivity index is 3.03. The molecule has 1 aromatic carbocycles. The van der Waals surface area contributed by atoms with E-state index in [9.17, 15) is 4.79 Å². The van der Waals surface area contributed by atoms with Crippen molar-refractivity contribution in [3.05, 3.63) is 23.3 Å². The standard InChI is InChI=1S/C14H21NO3/c1-9-7-11(17-3)8-13(18-4)14(9)12(16)6-5-10(2)15/h7-8,10H,5-6,15H2,1-4H3. The third-order valence-electron chi connectivity index (χ3n) is 2.83. The normalized spacial score (nSPS) is 12.1. The second-order valence-corrected chi connectivity index (χ2v) is 4.46. The van der Waals surface area contributed by atoms with Gasteiger partial charge < -0.3 is 15.2 Å². The summed E-state index contributed by atoms with van der Waals surface area (Å²) in [4.78, 5) is 12.2. The van der Waals surface area contributed by atoms with Crippen molar-refractivity contribution in [2.75, 3.05) is 14.2 Å². The SMILES string of the molecule is COc1cc(C)c(C(=O)CCC(C)N)c(OC)c1. The summed E-state index contributed by atoms with van der Waals surface area (Å²) in [7, 11) is 3.14. The maximum absolute atomic E-state index is 12.2. The second-order valence-electron chi connectivity index (χ2n) is 4.46. The van der Waals surface area contributed by atoms with Crippen molar-refractivity contribution >= 4 is 5.78 Å². The molecule has 0 fully saturated rings. The first-order valence-electron chi connectivity index (χ1n) is 6.01. The molecule has 0 aliphatic rings. The molecular formula is C14H21NO3. The van der Waals surface area contributed by atoms with Gasteiger partial charge in [0.2, 0.25) is 0 Å². The van der Waals surface area contributed by atoms with E-state index in [1.807, 2.05) is 19.9 Å². The van der Waals surface area contributed by atoms with E-state index in [2.05, 4.69) is 0 Å². The van der Waals surface area contributed by atoms with E-state index in [0.29, 0.717) is 29.9 Å². The van der Waals surface area contributed by atoms with Crippen LogP contribution in [0.25, 0.3) is 0 Å². The van der Waals surface area contributed by atoms with Crippen molar-refractivity contribution in [1.82, 2.24) is 0 Å². The molecule has 0 radical (unpaired) electrons. The smallest absolute Gasteiger partial charge is 0.166 e. The molecule has 1 atom stereocenters. The second kappa shape index (κ2) is 6.40. The van der Waals surface area contributed by atoms with Gasteiger partial charge in [0.15, 0.2) is 5.78 Å². The van der Waals surface area contributed by atoms with Crippen LogP contribution >= 0.6 is 0 Å². The molecule has 0 bridgehead atoms.